The third-order valence-electron chi connectivity index (χ3n) is 4.43. The number of hydrogen-bond acceptors (Lipinski definition) is 5. The number of imidazole rings is 1. The molecule has 0 spiro atoms. The van der Waals surface area contributed by atoms with Crippen LogP contribution in [0.5, 0.6) is 0 Å². The number of nitrogens with zero attached hydrogens (tertiary/aromatic N) is 4. The molecule has 2 N–H and O–H groups in total. The highest BCUT2D eigenvalue weighted by Crippen LogP contribution is 2.21. The summed E-state index contributed by atoms with van der Waals surface area (Å²) < 4.78 is 75.6. The predicted molar refractivity (Wildman–Crippen MR) is 105 cm³/mol. The molecule has 0 atom stereocenters. The largest absolute Gasteiger partial charge is 0.394 e. The van der Waals surface area contributed by atoms with Crippen LogP contribution < -0.4 is 10.6 Å². The zero-order chi connectivity index (χ0) is 24.9. The maximum atomic E-state index is 12.5. The number of pyridine rings is 1. The van der Waals surface area contributed by atoms with Gasteiger partial charge in [-0.25, -0.2) is 9.97 Å². The Morgan fingerprint density at radius 2 is 1.62 bits per heavy atom. The van der Waals surface area contributed by atoms with Crippen molar-refractivity contribution < 1.29 is 35.9 Å². The van der Waals surface area contributed by atoms with E-state index in [1.54, 1.807) is 18.5 Å². The van der Waals surface area contributed by atoms with Crippen LogP contribution in [0.25, 0.3) is 5.78 Å². The van der Waals surface area contributed by atoms with Gasteiger partial charge in [0.1, 0.15) is 0 Å². The minimum atomic E-state index is -4.45. The molecule has 0 aliphatic carbocycles. The van der Waals surface area contributed by atoms with Gasteiger partial charge in [0.2, 0.25) is 11.7 Å². The number of amides is 2. The maximum absolute atomic E-state index is 12.5. The molecule has 0 saturated heterocycles. The minimum Gasteiger partial charge on any atom is -0.350 e. The highest BCUT2D eigenvalue weighted by Gasteiger charge is 2.29. The second-order valence-corrected chi connectivity index (χ2v) is 7.26. The van der Waals surface area contributed by atoms with Crippen LogP contribution in [0.1, 0.15) is 40.3 Å². The lowest BCUT2D eigenvalue weighted by molar-refractivity contribution is -0.144. The molecule has 0 unspecified atom stereocenters. The van der Waals surface area contributed by atoms with E-state index < -0.39 is 43.4 Å². The van der Waals surface area contributed by atoms with Gasteiger partial charge in [-0.1, -0.05) is 0 Å². The molecule has 34 heavy (non-hydrogen) atoms. The number of halogens is 6. The molecule has 3 aromatic rings. The Bertz CT molecular complexity index is 1170. The molecule has 182 valence electrons. The van der Waals surface area contributed by atoms with Gasteiger partial charge in [0.25, 0.3) is 5.91 Å². The number of aromatic nitrogens is 4. The summed E-state index contributed by atoms with van der Waals surface area (Å²) in [5.41, 5.74) is 0.495. The number of carbonyl (C=O) groups is 2. The molecule has 0 aromatic carbocycles. The third kappa shape index (κ3) is 7.71. The molecule has 3 heterocycles. The average Bonchev–Trinajstić information content (AvgIpc) is 3.15. The van der Waals surface area contributed by atoms with Crippen LogP contribution in [-0.4, -0.2) is 43.5 Å². The van der Waals surface area contributed by atoms with Gasteiger partial charge in [0.15, 0.2) is 0 Å². The van der Waals surface area contributed by atoms with Crippen molar-refractivity contribution in [1.29, 1.82) is 0 Å². The molecule has 2 amide bonds. The van der Waals surface area contributed by atoms with Gasteiger partial charge in [-0.05, 0) is 18.2 Å². The van der Waals surface area contributed by atoms with Crippen LogP contribution in [0, 0.1) is 0 Å². The first-order chi connectivity index (χ1) is 15.9. The zero-order valence-electron chi connectivity index (χ0n) is 17.4. The number of fused-ring (bicyclic) bond motifs is 1. The lowest BCUT2D eigenvalue weighted by Gasteiger charge is -2.07. The van der Waals surface area contributed by atoms with Crippen molar-refractivity contribution >= 4 is 17.6 Å². The molecular weight excluding hydrogens is 470 g/mol. The molecule has 3 aromatic heterocycles. The number of hydrogen-bond donors (Lipinski definition) is 2. The molecule has 3 rings (SSSR count). The fraction of sp³-hybridized carbons (Fsp3) is 0.350. The van der Waals surface area contributed by atoms with E-state index in [0.717, 1.165) is 12.3 Å². The van der Waals surface area contributed by atoms with Gasteiger partial charge in [0.05, 0.1) is 43.0 Å². The van der Waals surface area contributed by atoms with Crippen LogP contribution in [0.15, 0.2) is 36.8 Å². The quantitative estimate of drug-likeness (QED) is 0.475. The molecule has 8 nitrogen and oxygen atoms in total. The Morgan fingerprint density at radius 3 is 2.32 bits per heavy atom. The van der Waals surface area contributed by atoms with Crippen LogP contribution >= 0.6 is 0 Å². The van der Waals surface area contributed by atoms with E-state index in [2.05, 4.69) is 25.6 Å². The summed E-state index contributed by atoms with van der Waals surface area (Å²) in [7, 11) is 0. The Labute approximate surface area is 188 Å². The summed E-state index contributed by atoms with van der Waals surface area (Å²) in [4.78, 5) is 35.8. The van der Waals surface area contributed by atoms with E-state index in [1.165, 1.54) is 10.5 Å². The van der Waals surface area contributed by atoms with E-state index in [4.69, 9.17) is 0 Å². The van der Waals surface area contributed by atoms with Crippen molar-refractivity contribution in [3.8, 4) is 0 Å². The van der Waals surface area contributed by atoms with E-state index >= 15 is 0 Å². The Hall–Kier alpha value is -3.71. The van der Waals surface area contributed by atoms with Crippen molar-refractivity contribution in [1.82, 2.24) is 30.0 Å². The first-order valence-electron chi connectivity index (χ1n) is 9.85. The fourth-order valence-electron chi connectivity index (χ4n) is 2.87. The normalized spacial score (nSPS) is 12.1. The molecule has 14 heteroatoms. The third-order valence-corrected chi connectivity index (χ3v) is 4.43. The van der Waals surface area contributed by atoms with Gasteiger partial charge in [0, 0.05) is 30.6 Å². The molecule has 0 aliphatic rings. The summed E-state index contributed by atoms with van der Waals surface area (Å²) in [5, 5.41) is 4.90. The molecule has 0 bridgehead atoms. The van der Waals surface area contributed by atoms with E-state index in [-0.39, 0.29) is 30.1 Å². The Balaban J connectivity index is 1.56. The number of carbonyl (C=O) groups excluding carboxylic acids is 2. The molecule has 0 fully saturated rings. The first-order valence-corrected chi connectivity index (χ1v) is 9.85. The van der Waals surface area contributed by atoms with Crippen LogP contribution in [0.4, 0.5) is 26.3 Å². The standard InChI is InChI=1S/C20H18F6N6O2/c21-19(22,23)4-1-16(33)28-9-13-3-6-32-11-15(31-18(32)30-13)10-29-17(34)12-2-5-27-14(7-12)8-20(24,25)26/h2-3,5-7,11H,1,4,8-10H2,(H,28,33)(H,29,34). The van der Waals surface area contributed by atoms with Crippen molar-refractivity contribution in [3.63, 3.8) is 0 Å². The fourth-order valence-corrected chi connectivity index (χ4v) is 2.87. The van der Waals surface area contributed by atoms with Crippen molar-refractivity contribution in [2.45, 2.75) is 44.7 Å². The topological polar surface area (TPSA) is 101 Å². The SMILES string of the molecule is O=C(CCC(F)(F)F)NCc1ccn2cc(CNC(=O)c3ccnc(CC(F)(F)F)c3)nc2n1. The second-order valence-electron chi connectivity index (χ2n) is 7.26. The Kier molecular flexibility index (Phi) is 7.37. The van der Waals surface area contributed by atoms with E-state index in [1.807, 2.05) is 0 Å². The lowest BCUT2D eigenvalue weighted by Crippen LogP contribution is -2.25. The predicted octanol–water partition coefficient (Wildman–Crippen LogP) is 3.12. The van der Waals surface area contributed by atoms with Crippen molar-refractivity contribution in [2.24, 2.45) is 0 Å². The number of nitrogens with one attached hydrogen (secondary N) is 2. The lowest BCUT2D eigenvalue weighted by atomic mass is 10.2. The van der Waals surface area contributed by atoms with E-state index in [0.29, 0.717) is 11.4 Å². The van der Waals surface area contributed by atoms with Crippen LogP contribution in [-0.2, 0) is 24.3 Å². The summed E-state index contributed by atoms with van der Waals surface area (Å²) >= 11 is 0. The number of alkyl halides is 6. The van der Waals surface area contributed by atoms with Crippen LogP contribution in [0.3, 0.4) is 0 Å². The number of rotatable bonds is 8. The van der Waals surface area contributed by atoms with Crippen LogP contribution in [0.2, 0.25) is 0 Å². The van der Waals surface area contributed by atoms with Gasteiger partial charge >= 0.3 is 12.4 Å². The molecule has 0 saturated carbocycles. The highest BCUT2D eigenvalue weighted by atomic mass is 19.4. The summed E-state index contributed by atoms with van der Waals surface area (Å²) in [5.74, 6) is -1.15. The minimum absolute atomic E-state index is 0.0136. The second kappa shape index (κ2) is 10.1. The summed E-state index contributed by atoms with van der Waals surface area (Å²) in [6.07, 6.45) is -7.77. The molecule has 0 radical (unpaired) electrons. The van der Waals surface area contributed by atoms with Gasteiger partial charge in [-0.2, -0.15) is 26.3 Å². The van der Waals surface area contributed by atoms with Crippen molar-refractivity contribution in [3.05, 3.63) is 59.4 Å². The van der Waals surface area contributed by atoms with Gasteiger partial charge < -0.3 is 10.6 Å². The van der Waals surface area contributed by atoms with Crippen molar-refractivity contribution in [2.75, 3.05) is 0 Å². The monoisotopic (exact) mass is 488 g/mol. The zero-order valence-corrected chi connectivity index (χ0v) is 17.4. The van der Waals surface area contributed by atoms with Gasteiger partial charge in [-0.15, -0.1) is 0 Å². The molecular formula is C20H18F6N6O2. The summed E-state index contributed by atoms with van der Waals surface area (Å²) in [6.45, 7) is -0.128. The molecule has 0 aliphatic heterocycles. The maximum Gasteiger partial charge on any atom is 0.394 e. The smallest absolute Gasteiger partial charge is 0.350 e. The highest BCUT2D eigenvalue weighted by molar-refractivity contribution is 5.94. The average molecular weight is 488 g/mol. The summed E-state index contributed by atoms with van der Waals surface area (Å²) in [6, 6.07) is 3.89. The van der Waals surface area contributed by atoms with Gasteiger partial charge in [-0.3, -0.25) is 19.0 Å². The van der Waals surface area contributed by atoms with E-state index in [9.17, 15) is 35.9 Å². The Morgan fingerprint density at radius 1 is 0.912 bits per heavy atom. The first kappa shape index (κ1) is 24.9.